The summed E-state index contributed by atoms with van der Waals surface area (Å²) in [6.45, 7) is 8.45. The van der Waals surface area contributed by atoms with Crippen LogP contribution in [-0.4, -0.2) is 24.8 Å². The summed E-state index contributed by atoms with van der Waals surface area (Å²) in [5.41, 5.74) is 1.77. The third kappa shape index (κ3) is 2.91. The van der Waals surface area contributed by atoms with Crippen molar-refractivity contribution in [2.75, 3.05) is 0 Å². The Morgan fingerprint density at radius 1 is 1.25 bits per heavy atom. The Bertz CT molecular complexity index is 904. The summed E-state index contributed by atoms with van der Waals surface area (Å²) in [4.78, 5) is 36.3. The lowest BCUT2D eigenvalue weighted by Crippen LogP contribution is -2.41. The highest BCUT2D eigenvalue weighted by Gasteiger charge is 2.21. The Morgan fingerprint density at radius 2 is 1.88 bits per heavy atom. The van der Waals surface area contributed by atoms with Gasteiger partial charge in [-0.1, -0.05) is 0 Å². The van der Waals surface area contributed by atoms with Gasteiger partial charge in [-0.2, -0.15) is 5.10 Å². The summed E-state index contributed by atoms with van der Waals surface area (Å²) >= 11 is 0. The molecule has 0 aliphatic heterocycles. The maximum atomic E-state index is 12.5. The third-order valence-corrected chi connectivity index (χ3v) is 4.28. The van der Waals surface area contributed by atoms with Crippen molar-refractivity contribution in [3.8, 4) is 0 Å². The molecule has 24 heavy (non-hydrogen) atoms. The number of nitrogens with one attached hydrogen (secondary N) is 1. The van der Waals surface area contributed by atoms with Crippen molar-refractivity contribution in [1.82, 2.24) is 24.2 Å². The maximum Gasteiger partial charge on any atom is 0.331 e. The fraction of sp³-hybridized carbons (Fsp3) is 0.500. The molecule has 2 aromatic heterocycles. The molecule has 0 saturated heterocycles. The van der Waals surface area contributed by atoms with Crippen molar-refractivity contribution in [2.45, 2.75) is 40.3 Å². The van der Waals surface area contributed by atoms with Gasteiger partial charge in [-0.25, -0.2) is 4.79 Å². The van der Waals surface area contributed by atoms with E-state index in [0.29, 0.717) is 0 Å². The predicted molar refractivity (Wildman–Crippen MR) is 90.2 cm³/mol. The fourth-order valence-electron chi connectivity index (χ4n) is 2.94. The van der Waals surface area contributed by atoms with Crippen LogP contribution in [0.3, 0.4) is 0 Å². The molecular formula is C16H23N5O3. The minimum atomic E-state index is -0.536. The van der Waals surface area contributed by atoms with Crippen LogP contribution in [0, 0.1) is 13.8 Å². The Labute approximate surface area is 139 Å². The van der Waals surface area contributed by atoms with E-state index >= 15 is 0 Å². The summed E-state index contributed by atoms with van der Waals surface area (Å²) in [6.07, 6.45) is 0. The van der Waals surface area contributed by atoms with Crippen molar-refractivity contribution in [2.24, 2.45) is 14.1 Å². The highest BCUT2D eigenvalue weighted by molar-refractivity contribution is 5.92. The Kier molecular flexibility index (Phi) is 4.77. The Morgan fingerprint density at radius 3 is 2.42 bits per heavy atom. The molecule has 1 N–H and O–H groups in total. The summed E-state index contributed by atoms with van der Waals surface area (Å²) < 4.78 is 4.00. The van der Waals surface area contributed by atoms with Crippen LogP contribution in [0.1, 0.15) is 47.3 Å². The van der Waals surface area contributed by atoms with Crippen molar-refractivity contribution in [1.29, 1.82) is 0 Å². The van der Waals surface area contributed by atoms with E-state index in [1.807, 2.05) is 32.4 Å². The highest BCUT2D eigenvalue weighted by atomic mass is 16.2. The first-order valence-corrected chi connectivity index (χ1v) is 7.80. The highest BCUT2D eigenvalue weighted by Crippen LogP contribution is 2.21. The number of rotatable bonds is 4. The van der Waals surface area contributed by atoms with E-state index in [9.17, 15) is 14.4 Å². The van der Waals surface area contributed by atoms with E-state index in [2.05, 4.69) is 10.4 Å². The van der Waals surface area contributed by atoms with Crippen LogP contribution in [0.15, 0.2) is 15.7 Å². The molecular weight excluding hydrogens is 310 g/mol. The average Bonchev–Trinajstić information content (AvgIpc) is 2.82. The number of hydrogen-bond acceptors (Lipinski definition) is 4. The molecule has 0 fully saturated rings. The average molecular weight is 333 g/mol. The molecule has 0 bridgehead atoms. The molecule has 8 heteroatoms. The van der Waals surface area contributed by atoms with Crippen molar-refractivity contribution < 1.29 is 4.79 Å². The van der Waals surface area contributed by atoms with Crippen LogP contribution >= 0.6 is 0 Å². The van der Waals surface area contributed by atoms with Crippen LogP contribution in [0.2, 0.25) is 0 Å². The van der Waals surface area contributed by atoms with Gasteiger partial charge < -0.3 is 5.32 Å². The van der Waals surface area contributed by atoms with E-state index in [1.165, 1.54) is 24.7 Å². The molecule has 0 aliphatic rings. The molecule has 1 atom stereocenters. The molecule has 2 heterocycles. The SMILES string of the molecule is CCn1nc(C)c(C(C)NC(=O)c2cc(=O)n(C)c(=O)n2C)c1C. The Hall–Kier alpha value is -2.64. The third-order valence-electron chi connectivity index (χ3n) is 4.28. The minimum Gasteiger partial charge on any atom is -0.344 e. The number of carbonyl (C=O) groups is 1. The Balaban J connectivity index is 2.36. The van der Waals surface area contributed by atoms with Gasteiger partial charge in [-0.15, -0.1) is 0 Å². The molecule has 0 spiro atoms. The minimum absolute atomic E-state index is 0.0353. The van der Waals surface area contributed by atoms with Crippen LogP contribution in [0.5, 0.6) is 0 Å². The normalized spacial score (nSPS) is 12.2. The number of aromatic nitrogens is 4. The van der Waals surface area contributed by atoms with Crippen LogP contribution < -0.4 is 16.6 Å². The summed E-state index contributed by atoms with van der Waals surface area (Å²) in [6, 6.07) is 0.871. The zero-order valence-electron chi connectivity index (χ0n) is 14.9. The molecule has 0 aliphatic carbocycles. The maximum absolute atomic E-state index is 12.5. The largest absolute Gasteiger partial charge is 0.344 e. The van der Waals surface area contributed by atoms with Gasteiger partial charge in [0, 0.05) is 38.0 Å². The first-order valence-electron chi connectivity index (χ1n) is 7.80. The second kappa shape index (κ2) is 6.46. The number of nitrogens with zero attached hydrogens (tertiary/aromatic N) is 4. The van der Waals surface area contributed by atoms with Gasteiger partial charge in [0.25, 0.3) is 11.5 Å². The van der Waals surface area contributed by atoms with Crippen LogP contribution in [-0.2, 0) is 20.6 Å². The molecule has 1 amide bonds. The van der Waals surface area contributed by atoms with Crippen LogP contribution in [0.25, 0.3) is 0 Å². The summed E-state index contributed by atoms with van der Waals surface area (Å²) in [5.74, 6) is -0.470. The first-order chi connectivity index (χ1) is 11.2. The van der Waals surface area contributed by atoms with Gasteiger partial charge in [-0.3, -0.25) is 23.4 Å². The molecule has 0 saturated carbocycles. The first kappa shape index (κ1) is 17.7. The second-order valence-electron chi connectivity index (χ2n) is 5.86. The molecule has 2 aromatic rings. The number of amides is 1. The number of carbonyl (C=O) groups excluding carboxylic acids is 1. The van der Waals surface area contributed by atoms with Gasteiger partial charge in [0.05, 0.1) is 11.7 Å². The van der Waals surface area contributed by atoms with Gasteiger partial charge in [0.15, 0.2) is 0 Å². The van der Waals surface area contributed by atoms with E-state index in [0.717, 1.165) is 28.1 Å². The quantitative estimate of drug-likeness (QED) is 0.877. The van der Waals surface area contributed by atoms with E-state index in [1.54, 1.807) is 0 Å². The zero-order chi connectivity index (χ0) is 18.2. The standard InChI is InChI=1S/C16H23N5O3/c1-7-21-11(4)14(10(3)18-21)9(2)17-15(23)12-8-13(22)20(6)16(24)19(12)5/h8-9H,7H2,1-6H3,(H,17,23). The second-order valence-corrected chi connectivity index (χ2v) is 5.86. The summed E-state index contributed by atoms with van der Waals surface area (Å²) in [5, 5.41) is 7.29. The van der Waals surface area contributed by atoms with Crippen molar-refractivity contribution in [3.05, 3.63) is 49.5 Å². The van der Waals surface area contributed by atoms with Gasteiger partial charge in [-0.05, 0) is 27.7 Å². The van der Waals surface area contributed by atoms with Gasteiger partial charge in [0.2, 0.25) is 0 Å². The number of hydrogen-bond donors (Lipinski definition) is 1. The molecule has 1 unspecified atom stereocenters. The molecule has 2 rings (SSSR count). The van der Waals surface area contributed by atoms with E-state index < -0.39 is 17.2 Å². The van der Waals surface area contributed by atoms with E-state index in [-0.39, 0.29) is 11.7 Å². The van der Waals surface area contributed by atoms with Gasteiger partial charge in [0.1, 0.15) is 5.69 Å². The molecule has 130 valence electrons. The molecule has 0 aromatic carbocycles. The zero-order valence-corrected chi connectivity index (χ0v) is 14.9. The monoisotopic (exact) mass is 333 g/mol. The van der Waals surface area contributed by atoms with Crippen LogP contribution in [0.4, 0.5) is 0 Å². The van der Waals surface area contributed by atoms with Crippen molar-refractivity contribution in [3.63, 3.8) is 0 Å². The van der Waals surface area contributed by atoms with Crippen molar-refractivity contribution >= 4 is 5.91 Å². The fourth-order valence-corrected chi connectivity index (χ4v) is 2.94. The summed E-state index contributed by atoms with van der Waals surface area (Å²) in [7, 11) is 2.84. The lowest BCUT2D eigenvalue weighted by Gasteiger charge is -2.16. The molecule has 8 nitrogen and oxygen atoms in total. The number of aryl methyl sites for hydroxylation is 2. The lowest BCUT2D eigenvalue weighted by atomic mass is 10.1. The van der Waals surface area contributed by atoms with E-state index in [4.69, 9.17) is 0 Å². The van der Waals surface area contributed by atoms with Gasteiger partial charge >= 0.3 is 5.69 Å². The topological polar surface area (TPSA) is 90.9 Å². The molecule has 0 radical (unpaired) electrons. The smallest absolute Gasteiger partial charge is 0.331 e. The predicted octanol–water partition coefficient (Wildman–Crippen LogP) is 0.408. The lowest BCUT2D eigenvalue weighted by molar-refractivity contribution is 0.0929.